The van der Waals surface area contributed by atoms with Crippen molar-refractivity contribution in [3.8, 4) is 0 Å². The molecule has 7 nitrogen and oxygen atoms in total. The standard InChI is InChI=1S/C24H33N5O2/c1-17(2)21-9-7-19(8-10-21)13-28-14-20(11-23(28)30)12-25-24(31)22-16-29(27-26-22)15-18-5-3-4-6-18/h7-10,16-18,20H,3-6,11-15H2,1-2H3,(H,25,31). The summed E-state index contributed by atoms with van der Waals surface area (Å²) < 4.78 is 1.79. The number of rotatable bonds is 8. The fourth-order valence-electron chi connectivity index (χ4n) is 4.65. The van der Waals surface area contributed by atoms with E-state index in [1.807, 2.05) is 4.90 Å². The van der Waals surface area contributed by atoms with Gasteiger partial charge in [-0.3, -0.25) is 14.3 Å². The SMILES string of the molecule is CC(C)c1ccc(CN2CC(CNC(=O)c3cn(CC4CCCC4)nn3)CC2=O)cc1. The van der Waals surface area contributed by atoms with Crippen LogP contribution >= 0.6 is 0 Å². The summed E-state index contributed by atoms with van der Waals surface area (Å²) in [7, 11) is 0. The highest BCUT2D eigenvalue weighted by atomic mass is 16.2. The van der Waals surface area contributed by atoms with Crippen molar-refractivity contribution in [1.82, 2.24) is 25.2 Å². The maximum Gasteiger partial charge on any atom is 0.273 e. The van der Waals surface area contributed by atoms with Gasteiger partial charge in [-0.05, 0) is 35.8 Å². The molecule has 1 aliphatic carbocycles. The van der Waals surface area contributed by atoms with E-state index >= 15 is 0 Å². The van der Waals surface area contributed by atoms with Crippen molar-refractivity contribution in [2.24, 2.45) is 11.8 Å². The molecule has 1 aromatic carbocycles. The largest absolute Gasteiger partial charge is 0.350 e. The number of amides is 2. The van der Waals surface area contributed by atoms with E-state index < -0.39 is 0 Å². The molecule has 2 heterocycles. The first kappa shape index (κ1) is 21.5. The van der Waals surface area contributed by atoms with Crippen LogP contribution in [0.4, 0.5) is 0 Å². The molecule has 1 aromatic heterocycles. The van der Waals surface area contributed by atoms with Crippen LogP contribution in [0.1, 0.15) is 73.5 Å². The lowest BCUT2D eigenvalue weighted by Crippen LogP contribution is -2.31. The molecule has 2 fully saturated rings. The van der Waals surface area contributed by atoms with Gasteiger partial charge in [-0.1, -0.05) is 56.2 Å². The van der Waals surface area contributed by atoms with Crippen LogP contribution in [-0.2, 0) is 17.9 Å². The topological polar surface area (TPSA) is 80.1 Å². The predicted molar refractivity (Wildman–Crippen MR) is 118 cm³/mol. The number of nitrogens with one attached hydrogen (secondary N) is 1. The van der Waals surface area contributed by atoms with E-state index in [0.29, 0.717) is 43.6 Å². The highest BCUT2D eigenvalue weighted by Crippen LogP contribution is 2.26. The summed E-state index contributed by atoms with van der Waals surface area (Å²) in [6.45, 7) is 6.95. The van der Waals surface area contributed by atoms with Gasteiger partial charge < -0.3 is 10.2 Å². The number of aromatic nitrogens is 3. The first-order valence-corrected chi connectivity index (χ1v) is 11.5. The van der Waals surface area contributed by atoms with Crippen LogP contribution in [0.15, 0.2) is 30.5 Å². The van der Waals surface area contributed by atoms with Gasteiger partial charge in [0.2, 0.25) is 5.91 Å². The van der Waals surface area contributed by atoms with Crippen LogP contribution in [-0.4, -0.2) is 44.8 Å². The van der Waals surface area contributed by atoms with Crippen molar-refractivity contribution in [2.45, 2.75) is 65.0 Å². The van der Waals surface area contributed by atoms with Gasteiger partial charge in [0.15, 0.2) is 5.69 Å². The number of carbonyl (C=O) groups is 2. The van der Waals surface area contributed by atoms with E-state index in [1.54, 1.807) is 10.9 Å². The Labute approximate surface area is 184 Å². The van der Waals surface area contributed by atoms with Gasteiger partial charge in [0.1, 0.15) is 0 Å². The van der Waals surface area contributed by atoms with Crippen LogP contribution in [0, 0.1) is 11.8 Å². The smallest absolute Gasteiger partial charge is 0.273 e. The summed E-state index contributed by atoms with van der Waals surface area (Å²) in [5.41, 5.74) is 2.79. The van der Waals surface area contributed by atoms with Gasteiger partial charge in [0.05, 0.1) is 6.20 Å². The van der Waals surface area contributed by atoms with Crippen molar-refractivity contribution in [3.63, 3.8) is 0 Å². The lowest BCUT2D eigenvalue weighted by atomic mass is 10.0. The fourth-order valence-corrected chi connectivity index (χ4v) is 4.65. The van der Waals surface area contributed by atoms with E-state index in [-0.39, 0.29) is 17.7 Å². The number of benzene rings is 1. The minimum atomic E-state index is -0.215. The Kier molecular flexibility index (Phi) is 6.68. The van der Waals surface area contributed by atoms with E-state index in [2.05, 4.69) is 53.7 Å². The summed E-state index contributed by atoms with van der Waals surface area (Å²) in [5, 5.41) is 11.1. The minimum absolute atomic E-state index is 0.125. The molecule has 4 rings (SSSR count). The fraction of sp³-hybridized carbons (Fsp3) is 0.583. The summed E-state index contributed by atoms with van der Waals surface area (Å²) in [6.07, 6.45) is 7.24. The normalized spacial score (nSPS) is 19.5. The predicted octanol–water partition coefficient (Wildman–Crippen LogP) is 3.37. The lowest BCUT2D eigenvalue weighted by molar-refractivity contribution is -0.128. The maximum absolute atomic E-state index is 12.5. The number of likely N-dealkylation sites (tertiary alicyclic amines) is 1. The van der Waals surface area contributed by atoms with E-state index in [9.17, 15) is 9.59 Å². The molecule has 1 N–H and O–H groups in total. The second-order valence-electron chi connectivity index (χ2n) is 9.43. The third-order valence-corrected chi connectivity index (χ3v) is 6.56. The van der Waals surface area contributed by atoms with E-state index in [1.165, 1.54) is 31.2 Å². The Morgan fingerprint density at radius 1 is 1.16 bits per heavy atom. The number of nitrogens with zero attached hydrogens (tertiary/aromatic N) is 4. The van der Waals surface area contributed by atoms with Crippen molar-refractivity contribution in [1.29, 1.82) is 0 Å². The molecule has 2 aliphatic rings. The average Bonchev–Trinajstić information content (AvgIpc) is 3.50. The molecule has 166 valence electrons. The maximum atomic E-state index is 12.5. The molecule has 31 heavy (non-hydrogen) atoms. The third-order valence-electron chi connectivity index (χ3n) is 6.56. The van der Waals surface area contributed by atoms with Gasteiger partial charge in [0, 0.05) is 38.5 Å². The molecular formula is C24H33N5O2. The zero-order valence-corrected chi connectivity index (χ0v) is 18.6. The summed E-state index contributed by atoms with van der Waals surface area (Å²) >= 11 is 0. The first-order chi connectivity index (χ1) is 15.0. The molecule has 1 saturated heterocycles. The number of carbonyl (C=O) groups excluding carboxylic acids is 2. The Balaban J connectivity index is 1.24. The van der Waals surface area contributed by atoms with Crippen LogP contribution in [0.2, 0.25) is 0 Å². The molecule has 1 aliphatic heterocycles. The second-order valence-corrected chi connectivity index (χ2v) is 9.43. The Morgan fingerprint density at radius 2 is 1.90 bits per heavy atom. The van der Waals surface area contributed by atoms with Gasteiger partial charge in [-0.2, -0.15) is 0 Å². The van der Waals surface area contributed by atoms with Crippen molar-refractivity contribution >= 4 is 11.8 Å². The highest BCUT2D eigenvalue weighted by molar-refractivity contribution is 5.91. The lowest BCUT2D eigenvalue weighted by Gasteiger charge is -2.17. The van der Waals surface area contributed by atoms with Crippen LogP contribution < -0.4 is 5.32 Å². The van der Waals surface area contributed by atoms with E-state index in [4.69, 9.17) is 0 Å². The molecule has 1 saturated carbocycles. The summed E-state index contributed by atoms with van der Waals surface area (Å²) in [5.74, 6) is 1.21. The average molecular weight is 424 g/mol. The minimum Gasteiger partial charge on any atom is -0.350 e. The monoisotopic (exact) mass is 423 g/mol. The second kappa shape index (κ2) is 9.62. The molecule has 1 unspecified atom stereocenters. The quantitative estimate of drug-likeness (QED) is 0.706. The molecule has 1 atom stereocenters. The number of hydrogen-bond acceptors (Lipinski definition) is 4. The van der Waals surface area contributed by atoms with Gasteiger partial charge >= 0.3 is 0 Å². The molecule has 7 heteroatoms. The van der Waals surface area contributed by atoms with Crippen molar-refractivity contribution in [3.05, 3.63) is 47.3 Å². The molecule has 2 amide bonds. The van der Waals surface area contributed by atoms with Crippen molar-refractivity contribution < 1.29 is 9.59 Å². The van der Waals surface area contributed by atoms with Crippen LogP contribution in [0.5, 0.6) is 0 Å². The zero-order chi connectivity index (χ0) is 21.8. The van der Waals surface area contributed by atoms with E-state index in [0.717, 1.165) is 12.1 Å². The van der Waals surface area contributed by atoms with Crippen molar-refractivity contribution in [2.75, 3.05) is 13.1 Å². The third kappa shape index (κ3) is 5.51. The number of hydrogen-bond donors (Lipinski definition) is 1. The molecule has 0 radical (unpaired) electrons. The zero-order valence-electron chi connectivity index (χ0n) is 18.6. The van der Waals surface area contributed by atoms with Crippen LogP contribution in [0.3, 0.4) is 0 Å². The van der Waals surface area contributed by atoms with Gasteiger partial charge in [0.25, 0.3) is 5.91 Å². The summed E-state index contributed by atoms with van der Waals surface area (Å²) in [6, 6.07) is 8.48. The Hall–Kier alpha value is -2.70. The summed E-state index contributed by atoms with van der Waals surface area (Å²) in [4.78, 5) is 26.8. The van der Waals surface area contributed by atoms with Crippen LogP contribution in [0.25, 0.3) is 0 Å². The first-order valence-electron chi connectivity index (χ1n) is 11.5. The molecule has 0 spiro atoms. The Morgan fingerprint density at radius 3 is 2.61 bits per heavy atom. The molecular weight excluding hydrogens is 390 g/mol. The van der Waals surface area contributed by atoms with Gasteiger partial charge in [-0.25, -0.2) is 0 Å². The highest BCUT2D eigenvalue weighted by Gasteiger charge is 2.30. The molecule has 2 aromatic rings. The Bertz CT molecular complexity index is 899. The van der Waals surface area contributed by atoms with Gasteiger partial charge in [-0.15, -0.1) is 5.10 Å². The molecule has 0 bridgehead atoms.